The number of hydrogen-bond acceptors (Lipinski definition) is 3. The molecule has 0 atom stereocenters. The summed E-state index contributed by atoms with van der Waals surface area (Å²) in [6.07, 6.45) is 6.01. The lowest BCUT2D eigenvalue weighted by molar-refractivity contribution is 0.0726. The van der Waals surface area contributed by atoms with Gasteiger partial charge in [-0.05, 0) is 37.5 Å². The van der Waals surface area contributed by atoms with E-state index in [4.69, 9.17) is 11.6 Å². The van der Waals surface area contributed by atoms with Gasteiger partial charge in [-0.25, -0.2) is 9.50 Å². The number of fused-ring (bicyclic) bond motifs is 1. The molecule has 4 rings (SSSR count). The number of piperidine rings is 1. The highest BCUT2D eigenvalue weighted by molar-refractivity contribution is 6.30. The molecule has 0 N–H and O–H groups in total. The van der Waals surface area contributed by atoms with Crippen LogP contribution in [0.5, 0.6) is 0 Å². The zero-order chi connectivity index (χ0) is 17.4. The minimum Gasteiger partial charge on any atom is -0.339 e. The van der Waals surface area contributed by atoms with Crippen LogP contribution < -0.4 is 0 Å². The van der Waals surface area contributed by atoms with Crippen molar-refractivity contribution in [3.63, 3.8) is 0 Å². The Bertz CT molecular complexity index is 949. The number of halogens is 2. The summed E-state index contributed by atoms with van der Waals surface area (Å²) in [5.41, 5.74) is 1.92. The lowest BCUT2D eigenvalue weighted by Crippen LogP contribution is -2.35. The number of carbonyl (C=O) groups excluding carboxylic acids is 1. The van der Waals surface area contributed by atoms with Crippen molar-refractivity contribution in [3.8, 4) is 11.3 Å². The van der Waals surface area contributed by atoms with Gasteiger partial charge in [0.2, 0.25) is 5.95 Å². The van der Waals surface area contributed by atoms with Gasteiger partial charge in [0.15, 0.2) is 0 Å². The number of amides is 1. The zero-order valence-electron chi connectivity index (χ0n) is 13.5. The number of nitrogens with zero attached hydrogens (tertiary/aromatic N) is 4. The average Bonchev–Trinajstić information content (AvgIpc) is 3.08. The molecule has 1 amide bonds. The van der Waals surface area contributed by atoms with Crippen molar-refractivity contribution in [2.75, 3.05) is 13.1 Å². The highest BCUT2D eigenvalue weighted by atomic mass is 35.5. The summed E-state index contributed by atoms with van der Waals surface area (Å²) in [5, 5.41) is 4.65. The third-order valence-corrected chi connectivity index (χ3v) is 4.70. The highest BCUT2D eigenvalue weighted by Gasteiger charge is 2.22. The molecule has 3 aromatic rings. The van der Waals surface area contributed by atoms with Gasteiger partial charge in [0, 0.05) is 19.3 Å². The molecule has 0 spiro atoms. The van der Waals surface area contributed by atoms with Crippen LogP contribution in [0.1, 0.15) is 29.6 Å². The van der Waals surface area contributed by atoms with Gasteiger partial charge < -0.3 is 4.90 Å². The standard InChI is InChI=1S/C18H16ClFN4O/c19-12-9-13(17(20)21-10-12)15-5-4-6-16-14(11-22-24(15)16)18(25)23-7-2-1-3-8-23/h4-6,9-11H,1-3,7-8H2. The Morgan fingerprint density at radius 2 is 1.96 bits per heavy atom. The first kappa shape index (κ1) is 16.0. The summed E-state index contributed by atoms with van der Waals surface area (Å²) < 4.78 is 15.7. The first-order valence-electron chi connectivity index (χ1n) is 8.22. The van der Waals surface area contributed by atoms with E-state index in [0.29, 0.717) is 21.8 Å². The van der Waals surface area contributed by atoms with Crippen molar-refractivity contribution >= 4 is 23.0 Å². The molecule has 0 bridgehead atoms. The molecule has 0 unspecified atom stereocenters. The normalized spacial score (nSPS) is 14.9. The van der Waals surface area contributed by atoms with Gasteiger partial charge in [-0.3, -0.25) is 4.79 Å². The Balaban J connectivity index is 1.80. The summed E-state index contributed by atoms with van der Waals surface area (Å²) in [5.74, 6) is -0.659. The fraction of sp³-hybridized carbons (Fsp3) is 0.278. The Morgan fingerprint density at radius 1 is 1.16 bits per heavy atom. The van der Waals surface area contributed by atoms with E-state index in [1.807, 2.05) is 11.0 Å². The van der Waals surface area contributed by atoms with Gasteiger partial charge in [-0.15, -0.1) is 0 Å². The predicted molar refractivity (Wildman–Crippen MR) is 93.1 cm³/mol. The molecule has 0 radical (unpaired) electrons. The van der Waals surface area contributed by atoms with Crippen LogP contribution in [0.25, 0.3) is 16.8 Å². The van der Waals surface area contributed by atoms with Crippen LogP contribution in [0.2, 0.25) is 5.02 Å². The Morgan fingerprint density at radius 3 is 2.76 bits per heavy atom. The molecule has 5 nitrogen and oxygen atoms in total. The van der Waals surface area contributed by atoms with E-state index in [9.17, 15) is 9.18 Å². The van der Waals surface area contributed by atoms with Gasteiger partial charge >= 0.3 is 0 Å². The van der Waals surface area contributed by atoms with Crippen LogP contribution >= 0.6 is 11.6 Å². The third kappa shape index (κ3) is 2.87. The zero-order valence-corrected chi connectivity index (χ0v) is 14.2. The monoisotopic (exact) mass is 358 g/mol. The van der Waals surface area contributed by atoms with Gasteiger partial charge in [-0.1, -0.05) is 17.7 Å². The number of rotatable bonds is 2. The first-order chi connectivity index (χ1) is 12.1. The fourth-order valence-corrected chi connectivity index (χ4v) is 3.41. The smallest absolute Gasteiger partial charge is 0.257 e. The van der Waals surface area contributed by atoms with Crippen LogP contribution in [-0.4, -0.2) is 38.5 Å². The van der Waals surface area contributed by atoms with E-state index >= 15 is 0 Å². The number of pyridine rings is 2. The predicted octanol–water partition coefficient (Wildman–Crippen LogP) is 3.81. The van der Waals surface area contributed by atoms with Crippen molar-refractivity contribution in [1.29, 1.82) is 0 Å². The fourth-order valence-electron chi connectivity index (χ4n) is 3.25. The second kappa shape index (κ2) is 6.44. The SMILES string of the molecule is O=C(c1cnn2c(-c3cc(Cl)cnc3F)cccc12)N1CCCCC1. The van der Waals surface area contributed by atoms with Gasteiger partial charge in [0.25, 0.3) is 5.91 Å². The molecule has 1 aliphatic rings. The Labute approximate surface area is 149 Å². The first-order valence-corrected chi connectivity index (χ1v) is 8.60. The Hall–Kier alpha value is -2.47. The topological polar surface area (TPSA) is 50.5 Å². The van der Waals surface area contributed by atoms with Crippen molar-refractivity contribution in [1.82, 2.24) is 19.5 Å². The maximum absolute atomic E-state index is 14.2. The molecule has 4 heterocycles. The van der Waals surface area contributed by atoms with E-state index in [2.05, 4.69) is 10.1 Å². The van der Waals surface area contributed by atoms with Gasteiger partial charge in [-0.2, -0.15) is 9.49 Å². The van der Waals surface area contributed by atoms with Crippen molar-refractivity contribution < 1.29 is 9.18 Å². The van der Waals surface area contributed by atoms with Crippen molar-refractivity contribution in [3.05, 3.63) is 53.2 Å². The average molecular weight is 359 g/mol. The second-order valence-electron chi connectivity index (χ2n) is 6.11. The van der Waals surface area contributed by atoms with E-state index < -0.39 is 5.95 Å². The lowest BCUT2D eigenvalue weighted by Gasteiger charge is -2.26. The van der Waals surface area contributed by atoms with E-state index in [-0.39, 0.29) is 11.5 Å². The van der Waals surface area contributed by atoms with E-state index in [1.165, 1.54) is 12.3 Å². The summed E-state index contributed by atoms with van der Waals surface area (Å²) in [6.45, 7) is 1.53. The third-order valence-electron chi connectivity index (χ3n) is 4.50. The molecule has 25 heavy (non-hydrogen) atoms. The van der Waals surface area contributed by atoms with Crippen LogP contribution in [0.4, 0.5) is 4.39 Å². The molecular formula is C18H16ClFN4O. The Kier molecular flexibility index (Phi) is 4.13. The number of aromatic nitrogens is 3. The summed E-state index contributed by atoms with van der Waals surface area (Å²) in [4.78, 5) is 18.3. The lowest BCUT2D eigenvalue weighted by atomic mass is 10.1. The number of likely N-dealkylation sites (tertiary alicyclic amines) is 1. The minimum atomic E-state index is -0.628. The minimum absolute atomic E-state index is 0.0310. The maximum Gasteiger partial charge on any atom is 0.257 e. The molecule has 0 saturated carbocycles. The highest BCUT2D eigenvalue weighted by Crippen LogP contribution is 2.27. The molecule has 1 fully saturated rings. The molecular weight excluding hydrogens is 343 g/mol. The molecule has 0 aromatic carbocycles. The summed E-state index contributed by atoms with van der Waals surface area (Å²) >= 11 is 5.96. The molecule has 1 saturated heterocycles. The van der Waals surface area contributed by atoms with E-state index in [0.717, 1.165) is 32.4 Å². The summed E-state index contributed by atoms with van der Waals surface area (Å²) in [7, 11) is 0. The number of hydrogen-bond donors (Lipinski definition) is 0. The van der Waals surface area contributed by atoms with Crippen LogP contribution in [0, 0.1) is 5.95 Å². The molecule has 7 heteroatoms. The van der Waals surface area contributed by atoms with Crippen molar-refractivity contribution in [2.45, 2.75) is 19.3 Å². The maximum atomic E-state index is 14.2. The van der Waals surface area contributed by atoms with Gasteiger partial charge in [0.1, 0.15) is 0 Å². The largest absolute Gasteiger partial charge is 0.339 e. The molecule has 128 valence electrons. The van der Waals surface area contributed by atoms with E-state index in [1.54, 1.807) is 22.8 Å². The quantitative estimate of drug-likeness (QED) is 0.654. The van der Waals surface area contributed by atoms with Gasteiger partial charge in [0.05, 0.1) is 33.6 Å². The number of carbonyl (C=O) groups is 1. The molecule has 1 aliphatic heterocycles. The van der Waals surface area contributed by atoms with Crippen molar-refractivity contribution in [2.24, 2.45) is 0 Å². The molecule has 0 aliphatic carbocycles. The van der Waals surface area contributed by atoms with Crippen LogP contribution in [0.15, 0.2) is 36.7 Å². The molecule has 3 aromatic heterocycles. The van der Waals surface area contributed by atoms with Crippen LogP contribution in [-0.2, 0) is 0 Å². The second-order valence-corrected chi connectivity index (χ2v) is 6.55. The summed E-state index contributed by atoms with van der Waals surface area (Å²) in [6, 6.07) is 6.82. The van der Waals surface area contributed by atoms with Crippen LogP contribution in [0.3, 0.4) is 0 Å².